The summed E-state index contributed by atoms with van der Waals surface area (Å²) in [4.78, 5) is 14.4. The molecule has 150 valence electrons. The number of benzene rings is 2. The predicted octanol–water partition coefficient (Wildman–Crippen LogP) is 4.40. The highest BCUT2D eigenvalue weighted by molar-refractivity contribution is 7.92. The van der Waals surface area contributed by atoms with Crippen LogP contribution in [0.5, 0.6) is 0 Å². The van der Waals surface area contributed by atoms with Crippen LogP contribution in [0.3, 0.4) is 0 Å². The summed E-state index contributed by atoms with van der Waals surface area (Å²) in [6, 6.07) is 9.46. The minimum atomic E-state index is -3.92. The molecule has 28 heavy (non-hydrogen) atoms. The Hall–Kier alpha value is -2.12. The SMILES string of the molecule is CC1CC(C)CN(C(=O)c2ccc(NS(=O)(=O)c3ccc(F)c(Cl)c3)cc2)C1. The van der Waals surface area contributed by atoms with E-state index in [1.807, 2.05) is 4.90 Å². The monoisotopic (exact) mass is 424 g/mol. The van der Waals surface area contributed by atoms with Gasteiger partial charge in [-0.15, -0.1) is 0 Å². The Morgan fingerprint density at radius 3 is 2.29 bits per heavy atom. The first kappa shape index (κ1) is 20.6. The van der Waals surface area contributed by atoms with Gasteiger partial charge in [0.25, 0.3) is 15.9 Å². The van der Waals surface area contributed by atoms with Gasteiger partial charge in [0.2, 0.25) is 0 Å². The molecule has 8 heteroatoms. The Morgan fingerprint density at radius 2 is 1.71 bits per heavy atom. The van der Waals surface area contributed by atoms with E-state index < -0.39 is 15.8 Å². The zero-order chi connectivity index (χ0) is 20.5. The van der Waals surface area contributed by atoms with Crippen molar-refractivity contribution in [3.05, 3.63) is 58.9 Å². The highest BCUT2D eigenvalue weighted by Crippen LogP contribution is 2.24. The molecular formula is C20H22ClFN2O3S. The summed E-state index contributed by atoms with van der Waals surface area (Å²) < 4.78 is 40.5. The summed E-state index contributed by atoms with van der Waals surface area (Å²) in [7, 11) is -3.92. The maximum absolute atomic E-state index is 13.3. The maximum Gasteiger partial charge on any atom is 0.261 e. The van der Waals surface area contributed by atoms with Gasteiger partial charge in [0, 0.05) is 24.3 Å². The van der Waals surface area contributed by atoms with Crippen LogP contribution in [0.2, 0.25) is 5.02 Å². The number of hydrogen-bond acceptors (Lipinski definition) is 3. The second kappa shape index (κ2) is 8.09. The molecule has 2 unspecified atom stereocenters. The number of nitrogens with zero attached hydrogens (tertiary/aromatic N) is 1. The quantitative estimate of drug-likeness (QED) is 0.791. The fourth-order valence-electron chi connectivity index (χ4n) is 3.55. The Balaban J connectivity index is 1.73. The Kier molecular flexibility index (Phi) is 5.95. The molecule has 3 rings (SSSR count). The molecule has 0 aromatic heterocycles. The molecule has 1 aliphatic rings. The first-order chi connectivity index (χ1) is 13.2. The van der Waals surface area contributed by atoms with Gasteiger partial charge in [-0.05, 0) is 60.7 Å². The van der Waals surface area contributed by atoms with Gasteiger partial charge in [-0.1, -0.05) is 25.4 Å². The number of rotatable bonds is 4. The summed E-state index contributed by atoms with van der Waals surface area (Å²) in [5.74, 6) is 0.172. The van der Waals surface area contributed by atoms with E-state index in [1.165, 1.54) is 12.1 Å². The number of nitrogens with one attached hydrogen (secondary N) is 1. The van der Waals surface area contributed by atoms with Crippen molar-refractivity contribution in [3.8, 4) is 0 Å². The molecule has 1 amide bonds. The number of hydrogen-bond donors (Lipinski definition) is 1. The third-order valence-electron chi connectivity index (χ3n) is 4.74. The van der Waals surface area contributed by atoms with Crippen LogP contribution in [-0.2, 0) is 10.0 Å². The average molecular weight is 425 g/mol. The van der Waals surface area contributed by atoms with Crippen molar-refractivity contribution in [3.63, 3.8) is 0 Å². The predicted molar refractivity (Wildman–Crippen MR) is 108 cm³/mol. The number of piperidine rings is 1. The van der Waals surface area contributed by atoms with Gasteiger partial charge in [0.1, 0.15) is 5.82 Å². The van der Waals surface area contributed by atoms with Crippen molar-refractivity contribution in [2.24, 2.45) is 11.8 Å². The van der Waals surface area contributed by atoms with Crippen LogP contribution in [0.25, 0.3) is 0 Å². The molecule has 1 aliphatic heterocycles. The van der Waals surface area contributed by atoms with Crippen LogP contribution in [0.15, 0.2) is 47.4 Å². The maximum atomic E-state index is 13.3. The third-order valence-corrected chi connectivity index (χ3v) is 6.41. The largest absolute Gasteiger partial charge is 0.338 e. The van der Waals surface area contributed by atoms with Gasteiger partial charge in [0.15, 0.2) is 0 Å². The van der Waals surface area contributed by atoms with Crippen molar-refractivity contribution >= 4 is 33.2 Å². The number of halogens is 2. The zero-order valence-electron chi connectivity index (χ0n) is 15.7. The lowest BCUT2D eigenvalue weighted by Crippen LogP contribution is -2.42. The Morgan fingerprint density at radius 1 is 1.11 bits per heavy atom. The lowest BCUT2D eigenvalue weighted by Gasteiger charge is -2.35. The van der Waals surface area contributed by atoms with E-state index in [4.69, 9.17) is 11.6 Å². The first-order valence-electron chi connectivity index (χ1n) is 9.03. The van der Waals surface area contributed by atoms with Crippen LogP contribution in [0, 0.1) is 17.7 Å². The fraction of sp³-hybridized carbons (Fsp3) is 0.350. The zero-order valence-corrected chi connectivity index (χ0v) is 17.2. The molecule has 0 radical (unpaired) electrons. The van der Waals surface area contributed by atoms with E-state index in [0.717, 1.165) is 37.7 Å². The van der Waals surface area contributed by atoms with Crippen LogP contribution in [0.1, 0.15) is 30.6 Å². The van der Waals surface area contributed by atoms with Gasteiger partial charge in [0.05, 0.1) is 9.92 Å². The average Bonchev–Trinajstić information content (AvgIpc) is 2.63. The number of amides is 1. The Labute approximate surface area is 169 Å². The summed E-state index contributed by atoms with van der Waals surface area (Å²) in [6.07, 6.45) is 1.11. The van der Waals surface area contributed by atoms with Crippen LogP contribution < -0.4 is 4.72 Å². The van der Waals surface area contributed by atoms with Gasteiger partial charge in [-0.25, -0.2) is 12.8 Å². The third kappa shape index (κ3) is 4.64. The van der Waals surface area contributed by atoms with E-state index in [-0.39, 0.29) is 15.8 Å². The smallest absolute Gasteiger partial charge is 0.261 e. The van der Waals surface area contributed by atoms with Gasteiger partial charge < -0.3 is 4.90 Å². The first-order valence-corrected chi connectivity index (χ1v) is 10.9. The number of anilines is 1. The van der Waals surface area contributed by atoms with Crippen LogP contribution in [0.4, 0.5) is 10.1 Å². The molecule has 0 aliphatic carbocycles. The molecule has 1 N–H and O–H groups in total. The number of likely N-dealkylation sites (tertiary alicyclic amines) is 1. The van der Waals surface area contributed by atoms with Gasteiger partial charge in [-0.2, -0.15) is 0 Å². The molecule has 1 heterocycles. The summed E-state index contributed by atoms with van der Waals surface area (Å²) >= 11 is 5.66. The second-order valence-electron chi connectivity index (χ2n) is 7.41. The molecular weight excluding hydrogens is 403 g/mol. The van der Waals surface area contributed by atoms with Crippen molar-refractivity contribution in [1.82, 2.24) is 4.90 Å². The fourth-order valence-corrected chi connectivity index (χ4v) is 4.88. The van der Waals surface area contributed by atoms with Crippen LogP contribution in [-0.4, -0.2) is 32.3 Å². The van der Waals surface area contributed by atoms with Crippen molar-refractivity contribution in [2.45, 2.75) is 25.2 Å². The molecule has 1 saturated heterocycles. The lowest BCUT2D eigenvalue weighted by molar-refractivity contribution is 0.0623. The molecule has 2 atom stereocenters. The molecule has 0 spiro atoms. The molecule has 0 bridgehead atoms. The number of sulfonamides is 1. The van der Waals surface area contributed by atoms with Gasteiger partial charge in [-0.3, -0.25) is 9.52 Å². The van der Waals surface area contributed by atoms with Crippen LogP contribution >= 0.6 is 11.6 Å². The minimum Gasteiger partial charge on any atom is -0.338 e. The molecule has 2 aromatic carbocycles. The summed E-state index contributed by atoms with van der Waals surface area (Å²) in [5, 5.41) is -0.270. The molecule has 2 aromatic rings. The van der Waals surface area contributed by atoms with E-state index >= 15 is 0 Å². The molecule has 1 fully saturated rings. The van der Waals surface area contributed by atoms with Crippen molar-refractivity contribution < 1.29 is 17.6 Å². The highest BCUT2D eigenvalue weighted by Gasteiger charge is 2.26. The number of carbonyl (C=O) groups is 1. The van der Waals surface area contributed by atoms with E-state index in [0.29, 0.717) is 23.1 Å². The lowest BCUT2D eigenvalue weighted by atomic mass is 9.91. The van der Waals surface area contributed by atoms with Gasteiger partial charge >= 0.3 is 0 Å². The minimum absolute atomic E-state index is 0.0573. The highest BCUT2D eigenvalue weighted by atomic mass is 35.5. The summed E-state index contributed by atoms with van der Waals surface area (Å²) in [5.41, 5.74) is 0.812. The normalized spacial score (nSPS) is 20.1. The van der Waals surface area contributed by atoms with Crippen molar-refractivity contribution in [1.29, 1.82) is 0 Å². The Bertz CT molecular complexity index is 969. The standard InChI is InChI=1S/C20H22ClFN2O3S/c1-13-9-14(2)12-24(11-13)20(25)15-3-5-16(6-4-15)23-28(26,27)17-7-8-19(22)18(21)10-17/h3-8,10,13-14,23H,9,11-12H2,1-2H3. The van der Waals surface area contributed by atoms with Crippen molar-refractivity contribution in [2.75, 3.05) is 17.8 Å². The molecule has 0 saturated carbocycles. The number of carbonyl (C=O) groups excluding carboxylic acids is 1. The van der Waals surface area contributed by atoms with E-state index in [2.05, 4.69) is 18.6 Å². The van der Waals surface area contributed by atoms with E-state index in [9.17, 15) is 17.6 Å². The second-order valence-corrected chi connectivity index (χ2v) is 9.50. The van der Waals surface area contributed by atoms with E-state index in [1.54, 1.807) is 12.1 Å². The molecule has 5 nitrogen and oxygen atoms in total. The summed E-state index contributed by atoms with van der Waals surface area (Å²) in [6.45, 7) is 5.72. The topological polar surface area (TPSA) is 66.5 Å².